The third-order valence-corrected chi connectivity index (χ3v) is 4.39. The van der Waals surface area contributed by atoms with Gasteiger partial charge in [0.25, 0.3) is 0 Å². The Balaban J connectivity index is 1.61. The monoisotopic (exact) mass is 300 g/mol. The van der Waals surface area contributed by atoms with E-state index in [0.29, 0.717) is 12.8 Å². The molecule has 1 aliphatic carbocycles. The largest absolute Gasteiger partial charge is 0.462 e. The van der Waals surface area contributed by atoms with Crippen LogP contribution in [0.3, 0.4) is 0 Å². The molecular weight excluding hydrogens is 280 g/mol. The number of hydrogen-bond acceptors (Lipinski definition) is 4. The number of carbonyl (C=O) groups excluding carboxylic acids is 1. The second kappa shape index (κ2) is 6.46. The van der Waals surface area contributed by atoms with Crippen LogP contribution in [0.25, 0.3) is 6.08 Å². The van der Waals surface area contributed by atoms with Crippen molar-refractivity contribution in [2.24, 2.45) is 11.8 Å². The lowest BCUT2D eigenvalue weighted by Gasteiger charge is -2.14. The van der Waals surface area contributed by atoms with E-state index in [9.17, 15) is 15.0 Å². The molecule has 1 heterocycles. The average molecular weight is 300 g/mol. The first-order chi connectivity index (χ1) is 10.6. The highest BCUT2D eigenvalue weighted by atomic mass is 16.6. The quantitative estimate of drug-likeness (QED) is 0.658. The van der Waals surface area contributed by atoms with Crippen LogP contribution in [-0.2, 0) is 9.53 Å². The van der Waals surface area contributed by atoms with E-state index in [-0.39, 0.29) is 23.9 Å². The Morgan fingerprint density at radius 3 is 2.77 bits per heavy atom. The second-order valence-corrected chi connectivity index (χ2v) is 5.92. The van der Waals surface area contributed by atoms with Crippen LogP contribution in [0, 0.1) is 11.8 Å². The fourth-order valence-electron chi connectivity index (χ4n) is 3.27. The highest BCUT2D eigenvalue weighted by Crippen LogP contribution is 2.42. The molecule has 3 rings (SSSR count). The normalized spacial score (nSPS) is 32.5. The summed E-state index contributed by atoms with van der Waals surface area (Å²) in [7, 11) is 0. The Hall–Kier alpha value is -1.91. The standard InChI is InChI=1S/C18H20O4/c19-13(7-6-12-4-2-1-3-5-12)8-9-14-15-10-18(21)22-17(15)11-16(14)20/h1-9,13-17,19-20H,10-11H2/b7-6+,9-8+/t13-,14+,15+,16+,17-/m0/s1. The van der Waals surface area contributed by atoms with Crippen LogP contribution in [0.15, 0.2) is 48.6 Å². The summed E-state index contributed by atoms with van der Waals surface area (Å²) < 4.78 is 5.19. The zero-order valence-corrected chi connectivity index (χ0v) is 12.2. The van der Waals surface area contributed by atoms with Gasteiger partial charge in [0.15, 0.2) is 0 Å². The molecule has 0 aromatic heterocycles. The van der Waals surface area contributed by atoms with Crippen LogP contribution in [0.4, 0.5) is 0 Å². The average Bonchev–Trinajstić information content (AvgIpc) is 2.99. The molecule has 0 unspecified atom stereocenters. The Morgan fingerprint density at radius 2 is 2.00 bits per heavy atom. The van der Waals surface area contributed by atoms with Gasteiger partial charge >= 0.3 is 5.97 Å². The topological polar surface area (TPSA) is 66.8 Å². The van der Waals surface area contributed by atoms with Gasteiger partial charge in [0.05, 0.1) is 18.6 Å². The fourth-order valence-corrected chi connectivity index (χ4v) is 3.27. The molecule has 2 aliphatic rings. The van der Waals surface area contributed by atoms with E-state index in [1.807, 2.05) is 42.5 Å². The van der Waals surface area contributed by atoms with Crippen molar-refractivity contribution in [2.45, 2.75) is 31.2 Å². The Morgan fingerprint density at radius 1 is 1.23 bits per heavy atom. The number of ether oxygens (including phenoxy) is 1. The summed E-state index contributed by atoms with van der Waals surface area (Å²) in [5.74, 6) is -0.287. The van der Waals surface area contributed by atoms with Gasteiger partial charge in [-0.15, -0.1) is 0 Å². The van der Waals surface area contributed by atoms with E-state index in [4.69, 9.17) is 4.74 Å². The molecule has 2 N–H and O–H groups in total. The molecule has 1 saturated carbocycles. The number of aliphatic hydroxyl groups is 2. The van der Waals surface area contributed by atoms with Crippen LogP contribution in [0.1, 0.15) is 18.4 Å². The summed E-state index contributed by atoms with van der Waals surface area (Å²) in [5, 5.41) is 20.1. The van der Waals surface area contributed by atoms with Crippen LogP contribution < -0.4 is 0 Å². The smallest absolute Gasteiger partial charge is 0.306 e. The molecule has 1 aliphatic heterocycles. The van der Waals surface area contributed by atoms with Gasteiger partial charge in [-0.3, -0.25) is 4.79 Å². The van der Waals surface area contributed by atoms with Crippen molar-refractivity contribution in [1.29, 1.82) is 0 Å². The van der Waals surface area contributed by atoms with Crippen molar-refractivity contribution in [3.05, 3.63) is 54.1 Å². The third-order valence-electron chi connectivity index (χ3n) is 4.39. The molecule has 22 heavy (non-hydrogen) atoms. The summed E-state index contributed by atoms with van der Waals surface area (Å²) >= 11 is 0. The Bertz CT molecular complexity index is 578. The van der Waals surface area contributed by atoms with Gasteiger partial charge in [-0.2, -0.15) is 0 Å². The zero-order valence-electron chi connectivity index (χ0n) is 12.2. The number of fused-ring (bicyclic) bond motifs is 1. The summed E-state index contributed by atoms with van der Waals surface area (Å²) in [6.07, 6.45) is 6.47. The number of benzene rings is 1. The SMILES string of the molecule is O=C1C[C@@H]2[C@@H](/C=C/[C@@H](O)/C=C/c3ccccc3)[C@H](O)C[C@@H]2O1. The molecule has 1 aromatic rings. The molecule has 0 spiro atoms. The maximum absolute atomic E-state index is 11.3. The van der Waals surface area contributed by atoms with Gasteiger partial charge in [-0.1, -0.05) is 54.6 Å². The number of carbonyl (C=O) groups is 1. The van der Waals surface area contributed by atoms with Crippen molar-refractivity contribution in [3.8, 4) is 0 Å². The third kappa shape index (κ3) is 3.29. The van der Waals surface area contributed by atoms with Crippen LogP contribution in [0.2, 0.25) is 0 Å². The van der Waals surface area contributed by atoms with Crippen molar-refractivity contribution < 1.29 is 19.7 Å². The molecule has 5 atom stereocenters. The molecule has 1 aromatic carbocycles. The van der Waals surface area contributed by atoms with E-state index < -0.39 is 12.2 Å². The summed E-state index contributed by atoms with van der Waals surface area (Å²) in [5.41, 5.74) is 1.02. The van der Waals surface area contributed by atoms with Crippen molar-refractivity contribution >= 4 is 12.0 Å². The maximum Gasteiger partial charge on any atom is 0.306 e. The minimum absolute atomic E-state index is 0.0315. The maximum atomic E-state index is 11.3. The van der Waals surface area contributed by atoms with E-state index in [2.05, 4.69) is 0 Å². The molecule has 0 radical (unpaired) electrons. The lowest BCUT2D eigenvalue weighted by Crippen LogP contribution is -2.18. The molecule has 0 bridgehead atoms. The zero-order chi connectivity index (χ0) is 15.5. The van der Waals surface area contributed by atoms with E-state index >= 15 is 0 Å². The number of aliphatic hydroxyl groups excluding tert-OH is 2. The minimum Gasteiger partial charge on any atom is -0.462 e. The molecule has 116 valence electrons. The Kier molecular flexibility index (Phi) is 4.41. The van der Waals surface area contributed by atoms with Crippen molar-refractivity contribution in [3.63, 3.8) is 0 Å². The molecule has 2 fully saturated rings. The number of esters is 1. The summed E-state index contributed by atoms with van der Waals surface area (Å²) in [4.78, 5) is 11.3. The van der Waals surface area contributed by atoms with Crippen molar-refractivity contribution in [1.82, 2.24) is 0 Å². The lowest BCUT2D eigenvalue weighted by atomic mass is 9.91. The van der Waals surface area contributed by atoms with Crippen LogP contribution in [0.5, 0.6) is 0 Å². The summed E-state index contributed by atoms with van der Waals surface area (Å²) in [6, 6.07) is 9.73. The first-order valence-corrected chi connectivity index (χ1v) is 7.60. The highest BCUT2D eigenvalue weighted by Gasteiger charge is 2.48. The second-order valence-electron chi connectivity index (χ2n) is 5.92. The van der Waals surface area contributed by atoms with Crippen LogP contribution >= 0.6 is 0 Å². The fraction of sp³-hybridized carbons (Fsp3) is 0.389. The summed E-state index contributed by atoms with van der Waals surface area (Å²) in [6.45, 7) is 0. The Labute approximate surface area is 129 Å². The van der Waals surface area contributed by atoms with Crippen LogP contribution in [-0.4, -0.2) is 34.5 Å². The lowest BCUT2D eigenvalue weighted by molar-refractivity contribution is -0.141. The van der Waals surface area contributed by atoms with Crippen molar-refractivity contribution in [2.75, 3.05) is 0 Å². The van der Waals surface area contributed by atoms with Gasteiger partial charge in [0, 0.05) is 18.3 Å². The minimum atomic E-state index is -0.718. The number of hydrogen-bond donors (Lipinski definition) is 2. The highest BCUT2D eigenvalue weighted by molar-refractivity contribution is 5.72. The van der Waals surface area contributed by atoms with E-state index in [1.54, 1.807) is 12.2 Å². The molecule has 4 nitrogen and oxygen atoms in total. The first kappa shape index (κ1) is 15.0. The van der Waals surface area contributed by atoms with Gasteiger partial charge in [-0.25, -0.2) is 0 Å². The van der Waals surface area contributed by atoms with E-state index in [1.165, 1.54) is 0 Å². The molecule has 0 amide bonds. The molecular formula is C18H20O4. The molecule has 1 saturated heterocycles. The van der Waals surface area contributed by atoms with Gasteiger partial charge in [0.2, 0.25) is 0 Å². The first-order valence-electron chi connectivity index (χ1n) is 7.60. The number of rotatable bonds is 4. The predicted molar refractivity (Wildman–Crippen MR) is 82.7 cm³/mol. The van der Waals surface area contributed by atoms with Gasteiger partial charge in [-0.05, 0) is 5.56 Å². The van der Waals surface area contributed by atoms with Gasteiger partial charge in [0.1, 0.15) is 6.10 Å². The molecule has 4 heteroatoms. The predicted octanol–water partition coefficient (Wildman–Crippen LogP) is 1.93. The van der Waals surface area contributed by atoms with E-state index in [0.717, 1.165) is 5.56 Å². The van der Waals surface area contributed by atoms with Gasteiger partial charge < -0.3 is 14.9 Å².